The second-order valence-electron chi connectivity index (χ2n) is 7.32. The van der Waals surface area contributed by atoms with E-state index in [-0.39, 0.29) is 28.5 Å². The molecule has 0 fully saturated rings. The molecule has 3 aromatic rings. The summed E-state index contributed by atoms with van der Waals surface area (Å²) in [7, 11) is 0. The van der Waals surface area contributed by atoms with Crippen molar-refractivity contribution in [3.05, 3.63) is 106 Å². The van der Waals surface area contributed by atoms with Crippen molar-refractivity contribution in [3.63, 3.8) is 0 Å². The Hall–Kier alpha value is -5.12. The topological polar surface area (TPSA) is 140 Å². The van der Waals surface area contributed by atoms with E-state index in [4.69, 9.17) is 4.74 Å². The number of hydrazone groups is 1. The molecule has 0 unspecified atom stereocenters. The first kappa shape index (κ1) is 25.5. The van der Waals surface area contributed by atoms with Crippen LogP contribution in [-0.2, 0) is 9.59 Å². The van der Waals surface area contributed by atoms with E-state index in [2.05, 4.69) is 15.8 Å². The first-order chi connectivity index (χ1) is 17.4. The number of nitrogens with zero attached hydrogens (tertiary/aromatic N) is 2. The number of rotatable bonds is 9. The van der Waals surface area contributed by atoms with Crippen molar-refractivity contribution < 1.29 is 24.0 Å². The maximum Gasteiger partial charge on any atom is 0.336 e. The van der Waals surface area contributed by atoms with Crippen LogP contribution in [0.3, 0.4) is 0 Å². The van der Waals surface area contributed by atoms with Crippen molar-refractivity contribution in [2.75, 3.05) is 5.32 Å². The van der Waals surface area contributed by atoms with Gasteiger partial charge in [-0.25, -0.2) is 10.2 Å². The lowest BCUT2D eigenvalue weighted by atomic mass is 10.2. The number of carbonyl (C=O) groups is 3. The van der Waals surface area contributed by atoms with Gasteiger partial charge < -0.3 is 10.1 Å². The van der Waals surface area contributed by atoms with Gasteiger partial charge in [0.25, 0.3) is 11.6 Å². The number of nitro benzene ring substituents is 1. The summed E-state index contributed by atoms with van der Waals surface area (Å²) in [4.78, 5) is 46.6. The van der Waals surface area contributed by atoms with Gasteiger partial charge >= 0.3 is 5.97 Å². The average Bonchev–Trinajstić information content (AvgIpc) is 2.89. The molecular formula is C26H22N4O6. The minimum Gasteiger partial charge on any atom is -0.423 e. The lowest BCUT2D eigenvalue weighted by Gasteiger charge is -2.06. The van der Waals surface area contributed by atoms with Crippen molar-refractivity contribution in [2.24, 2.45) is 5.10 Å². The summed E-state index contributed by atoms with van der Waals surface area (Å²) < 4.78 is 5.31. The smallest absolute Gasteiger partial charge is 0.336 e. The molecule has 0 heterocycles. The van der Waals surface area contributed by atoms with Gasteiger partial charge in [0, 0.05) is 41.4 Å². The van der Waals surface area contributed by atoms with Crippen LogP contribution in [0.25, 0.3) is 6.08 Å². The first-order valence-corrected chi connectivity index (χ1v) is 10.8. The molecule has 2 amide bonds. The number of anilines is 1. The Kier molecular flexibility index (Phi) is 8.76. The van der Waals surface area contributed by atoms with Crippen LogP contribution >= 0.6 is 0 Å². The summed E-state index contributed by atoms with van der Waals surface area (Å²) >= 11 is 0. The van der Waals surface area contributed by atoms with E-state index in [0.29, 0.717) is 12.1 Å². The molecule has 0 saturated carbocycles. The fraction of sp³-hybridized carbons (Fsp3) is 0.0769. The minimum atomic E-state index is -0.693. The number of nitro groups is 1. The highest BCUT2D eigenvalue weighted by Gasteiger charge is 2.13. The van der Waals surface area contributed by atoms with E-state index in [1.165, 1.54) is 36.4 Å². The normalized spacial score (nSPS) is 10.8. The molecule has 0 aliphatic carbocycles. The number of nitrogens with one attached hydrogen (secondary N) is 2. The molecule has 0 atom stereocenters. The Balaban J connectivity index is 1.70. The van der Waals surface area contributed by atoms with Crippen molar-refractivity contribution >= 4 is 41.4 Å². The maximum absolute atomic E-state index is 12.4. The predicted octanol–water partition coefficient (Wildman–Crippen LogP) is 4.33. The molecule has 0 aliphatic rings. The SMILES string of the molecule is CCC(=O)Nc1ccc(C(=O)N/N=C/c2cc([N+](=O)[O-])ccc2OC(=O)/C=C/c2ccccc2)cc1. The Morgan fingerprint density at radius 1 is 1.03 bits per heavy atom. The summed E-state index contributed by atoms with van der Waals surface area (Å²) in [6.45, 7) is 1.73. The van der Waals surface area contributed by atoms with Crippen LogP contribution < -0.4 is 15.5 Å². The fourth-order valence-electron chi connectivity index (χ4n) is 2.89. The largest absolute Gasteiger partial charge is 0.423 e. The Labute approximate surface area is 206 Å². The van der Waals surface area contributed by atoms with Gasteiger partial charge in [0.2, 0.25) is 5.91 Å². The van der Waals surface area contributed by atoms with Crippen LogP contribution in [0.4, 0.5) is 11.4 Å². The number of hydrogen-bond donors (Lipinski definition) is 2. The summed E-state index contributed by atoms with van der Waals surface area (Å²) in [6.07, 6.45) is 4.27. The molecular weight excluding hydrogens is 464 g/mol. The average molecular weight is 486 g/mol. The van der Waals surface area contributed by atoms with E-state index in [1.54, 1.807) is 25.1 Å². The van der Waals surface area contributed by atoms with Crippen LogP contribution in [0.2, 0.25) is 0 Å². The van der Waals surface area contributed by atoms with Gasteiger partial charge in [-0.15, -0.1) is 0 Å². The van der Waals surface area contributed by atoms with Crippen molar-refractivity contribution in [1.29, 1.82) is 0 Å². The zero-order valence-electron chi connectivity index (χ0n) is 19.2. The Morgan fingerprint density at radius 2 is 1.75 bits per heavy atom. The standard InChI is InChI=1S/C26H22N4O6/c1-2-24(31)28-21-11-9-19(10-12-21)26(33)29-27-17-20-16-22(30(34)35)13-14-23(20)36-25(32)15-8-18-6-4-3-5-7-18/h3-17H,2H2,1H3,(H,28,31)(H,29,33)/b15-8+,27-17+. The molecule has 182 valence electrons. The zero-order chi connectivity index (χ0) is 25.9. The molecule has 3 aromatic carbocycles. The van der Waals surface area contributed by atoms with Gasteiger partial charge in [0.15, 0.2) is 0 Å². The van der Waals surface area contributed by atoms with E-state index in [0.717, 1.165) is 11.8 Å². The summed E-state index contributed by atoms with van der Waals surface area (Å²) in [5, 5.41) is 17.7. The van der Waals surface area contributed by atoms with Gasteiger partial charge in [-0.3, -0.25) is 19.7 Å². The molecule has 0 spiro atoms. The molecule has 10 nitrogen and oxygen atoms in total. The van der Waals surface area contributed by atoms with Crippen LogP contribution in [0.1, 0.15) is 34.8 Å². The highest BCUT2D eigenvalue weighted by molar-refractivity contribution is 5.97. The first-order valence-electron chi connectivity index (χ1n) is 10.8. The highest BCUT2D eigenvalue weighted by Crippen LogP contribution is 2.23. The van der Waals surface area contributed by atoms with Crippen LogP contribution in [0.15, 0.2) is 84.0 Å². The summed E-state index contributed by atoms with van der Waals surface area (Å²) in [5.41, 5.74) is 3.80. The van der Waals surface area contributed by atoms with Gasteiger partial charge in [-0.1, -0.05) is 37.3 Å². The Bertz CT molecular complexity index is 1320. The second-order valence-corrected chi connectivity index (χ2v) is 7.32. The molecule has 0 aliphatic heterocycles. The number of esters is 1. The number of ether oxygens (including phenoxy) is 1. The van der Waals surface area contributed by atoms with Crippen molar-refractivity contribution in [1.82, 2.24) is 5.43 Å². The monoisotopic (exact) mass is 486 g/mol. The molecule has 2 N–H and O–H groups in total. The van der Waals surface area contributed by atoms with Crippen molar-refractivity contribution in [3.8, 4) is 5.75 Å². The van der Waals surface area contributed by atoms with Crippen LogP contribution in [-0.4, -0.2) is 28.9 Å². The van der Waals surface area contributed by atoms with Gasteiger partial charge in [0.1, 0.15) is 5.75 Å². The third kappa shape index (κ3) is 7.45. The second kappa shape index (κ2) is 12.4. The molecule has 0 bridgehead atoms. The van der Waals surface area contributed by atoms with E-state index < -0.39 is 16.8 Å². The molecule has 3 rings (SSSR count). The number of benzene rings is 3. The lowest BCUT2D eigenvalue weighted by Crippen LogP contribution is -2.18. The number of non-ortho nitro benzene ring substituents is 1. The lowest BCUT2D eigenvalue weighted by molar-refractivity contribution is -0.384. The number of carbonyl (C=O) groups excluding carboxylic acids is 3. The van der Waals surface area contributed by atoms with E-state index in [1.807, 2.05) is 30.3 Å². The molecule has 0 aromatic heterocycles. The number of amides is 2. The predicted molar refractivity (Wildman–Crippen MR) is 135 cm³/mol. The number of hydrogen-bond acceptors (Lipinski definition) is 7. The van der Waals surface area contributed by atoms with Crippen molar-refractivity contribution in [2.45, 2.75) is 13.3 Å². The summed E-state index contributed by atoms with van der Waals surface area (Å²) in [5.74, 6) is -1.37. The van der Waals surface area contributed by atoms with E-state index >= 15 is 0 Å². The van der Waals surface area contributed by atoms with Gasteiger partial charge in [-0.2, -0.15) is 5.10 Å². The minimum absolute atomic E-state index is 0.0253. The fourth-order valence-corrected chi connectivity index (χ4v) is 2.89. The third-order valence-electron chi connectivity index (χ3n) is 4.75. The summed E-state index contributed by atoms with van der Waals surface area (Å²) in [6, 6.07) is 18.9. The third-order valence-corrected chi connectivity index (χ3v) is 4.75. The van der Waals surface area contributed by atoms with Gasteiger partial charge in [0.05, 0.1) is 11.1 Å². The molecule has 0 saturated heterocycles. The highest BCUT2D eigenvalue weighted by atomic mass is 16.6. The maximum atomic E-state index is 12.4. The Morgan fingerprint density at radius 3 is 2.42 bits per heavy atom. The van der Waals surface area contributed by atoms with Crippen LogP contribution in [0, 0.1) is 10.1 Å². The van der Waals surface area contributed by atoms with E-state index in [9.17, 15) is 24.5 Å². The zero-order valence-corrected chi connectivity index (χ0v) is 19.2. The van der Waals surface area contributed by atoms with Crippen LogP contribution in [0.5, 0.6) is 5.75 Å². The quantitative estimate of drug-likeness (QED) is 0.115. The molecule has 36 heavy (non-hydrogen) atoms. The van der Waals surface area contributed by atoms with Gasteiger partial charge in [-0.05, 0) is 42.0 Å². The molecule has 0 radical (unpaired) electrons. The molecule has 10 heteroatoms.